The molecule has 0 saturated carbocycles. The molecule has 6 heteroatoms. The van der Waals surface area contributed by atoms with Crippen molar-refractivity contribution in [2.45, 2.75) is 20.3 Å². The first kappa shape index (κ1) is 17.6. The zero-order valence-corrected chi connectivity index (χ0v) is 13.5. The monoisotopic (exact) mass is 315 g/mol. The topological polar surface area (TPSA) is 56.8 Å². The van der Waals surface area contributed by atoms with Crippen LogP contribution in [0.3, 0.4) is 0 Å². The highest BCUT2D eigenvalue weighted by Gasteiger charge is 2.15. The lowest BCUT2D eigenvalue weighted by Gasteiger charge is -2.13. The highest BCUT2D eigenvalue weighted by molar-refractivity contribution is 6.32. The average Bonchev–Trinajstić information content (AvgIpc) is 2.49. The zero-order valence-electron chi connectivity index (χ0n) is 12.7. The molecule has 0 radical (unpaired) electrons. The Hall–Kier alpha value is -1.46. The second kappa shape index (κ2) is 9.47. The highest BCUT2D eigenvalue weighted by Crippen LogP contribution is 2.36. The molecule has 1 aromatic carbocycles. The molecule has 5 nitrogen and oxygen atoms in total. The van der Waals surface area contributed by atoms with Gasteiger partial charge in [0, 0.05) is 18.7 Å². The van der Waals surface area contributed by atoms with Gasteiger partial charge in [-0.15, -0.1) is 0 Å². The molecule has 0 atom stereocenters. The van der Waals surface area contributed by atoms with Gasteiger partial charge >= 0.3 is 0 Å². The minimum absolute atomic E-state index is 0.225. The molecule has 0 saturated heterocycles. The van der Waals surface area contributed by atoms with Crippen molar-refractivity contribution in [3.8, 4) is 11.5 Å². The van der Waals surface area contributed by atoms with E-state index in [1.807, 2.05) is 13.8 Å². The Bertz CT molecular complexity index is 465. The maximum absolute atomic E-state index is 12.0. The van der Waals surface area contributed by atoms with Crippen LogP contribution in [0.5, 0.6) is 11.5 Å². The van der Waals surface area contributed by atoms with Gasteiger partial charge in [-0.2, -0.15) is 0 Å². The largest absolute Gasteiger partial charge is 0.493 e. The summed E-state index contributed by atoms with van der Waals surface area (Å²) in [5.74, 6) is 0.690. The predicted octanol–water partition coefficient (Wildman–Crippen LogP) is 2.90. The van der Waals surface area contributed by atoms with Crippen LogP contribution >= 0.6 is 11.6 Å². The number of methoxy groups -OCH3 is 1. The van der Waals surface area contributed by atoms with Crippen molar-refractivity contribution in [2.24, 2.45) is 0 Å². The van der Waals surface area contributed by atoms with Gasteiger partial charge < -0.3 is 19.5 Å². The number of nitrogens with one attached hydrogen (secondary N) is 1. The van der Waals surface area contributed by atoms with Crippen LogP contribution in [0.4, 0.5) is 0 Å². The van der Waals surface area contributed by atoms with Gasteiger partial charge in [0.25, 0.3) is 5.91 Å². The van der Waals surface area contributed by atoms with E-state index in [1.165, 1.54) is 7.11 Å². The molecule has 1 aromatic rings. The van der Waals surface area contributed by atoms with E-state index in [4.69, 9.17) is 25.8 Å². The SMILES string of the molecule is CCCOc1c(Cl)cc(C(=O)NCCOCC)cc1OC. The number of amides is 1. The number of hydrogen-bond donors (Lipinski definition) is 1. The summed E-state index contributed by atoms with van der Waals surface area (Å²) < 4.78 is 16.0. The molecule has 0 bridgehead atoms. The summed E-state index contributed by atoms with van der Waals surface area (Å²) in [5, 5.41) is 3.12. The van der Waals surface area contributed by atoms with Gasteiger partial charge in [0.1, 0.15) is 0 Å². The Morgan fingerprint density at radius 2 is 2.05 bits per heavy atom. The fraction of sp³-hybridized carbons (Fsp3) is 0.533. The Morgan fingerprint density at radius 1 is 1.29 bits per heavy atom. The summed E-state index contributed by atoms with van der Waals surface area (Å²) >= 11 is 6.17. The van der Waals surface area contributed by atoms with Gasteiger partial charge in [0.2, 0.25) is 0 Å². The fourth-order valence-corrected chi connectivity index (χ4v) is 1.94. The molecular formula is C15H22ClNO4. The smallest absolute Gasteiger partial charge is 0.251 e. The second-order valence-corrected chi connectivity index (χ2v) is 4.70. The van der Waals surface area contributed by atoms with Crippen molar-refractivity contribution >= 4 is 17.5 Å². The van der Waals surface area contributed by atoms with Gasteiger partial charge in [0.05, 0.1) is 25.3 Å². The van der Waals surface area contributed by atoms with Crippen LogP contribution in [0.2, 0.25) is 5.02 Å². The van der Waals surface area contributed by atoms with Crippen LogP contribution < -0.4 is 14.8 Å². The zero-order chi connectivity index (χ0) is 15.7. The molecular weight excluding hydrogens is 294 g/mol. The Labute approximate surface area is 130 Å². The number of rotatable bonds is 9. The van der Waals surface area contributed by atoms with E-state index in [0.29, 0.717) is 48.5 Å². The number of hydrogen-bond acceptors (Lipinski definition) is 4. The lowest BCUT2D eigenvalue weighted by molar-refractivity contribution is 0.0922. The summed E-state index contributed by atoms with van der Waals surface area (Å²) in [6.45, 7) is 5.99. The minimum Gasteiger partial charge on any atom is -0.493 e. The second-order valence-electron chi connectivity index (χ2n) is 4.29. The maximum Gasteiger partial charge on any atom is 0.251 e. The van der Waals surface area contributed by atoms with Crippen molar-refractivity contribution in [2.75, 3.05) is 33.5 Å². The van der Waals surface area contributed by atoms with E-state index in [0.717, 1.165) is 6.42 Å². The molecule has 0 aliphatic rings. The molecule has 0 aromatic heterocycles. The van der Waals surface area contributed by atoms with E-state index in [2.05, 4.69) is 5.32 Å². The molecule has 0 fully saturated rings. The number of benzene rings is 1. The number of carbonyl (C=O) groups excluding carboxylic acids is 1. The van der Waals surface area contributed by atoms with Gasteiger partial charge in [-0.1, -0.05) is 18.5 Å². The quantitative estimate of drug-likeness (QED) is 0.712. The van der Waals surface area contributed by atoms with E-state index >= 15 is 0 Å². The van der Waals surface area contributed by atoms with Crippen LogP contribution in [-0.4, -0.2) is 39.4 Å². The van der Waals surface area contributed by atoms with Crippen LogP contribution in [0.15, 0.2) is 12.1 Å². The number of ether oxygens (including phenoxy) is 3. The van der Waals surface area contributed by atoms with Gasteiger partial charge in [-0.25, -0.2) is 0 Å². The first-order chi connectivity index (χ1) is 10.1. The van der Waals surface area contributed by atoms with E-state index in [1.54, 1.807) is 12.1 Å². The normalized spacial score (nSPS) is 10.3. The summed E-state index contributed by atoms with van der Waals surface area (Å²) in [4.78, 5) is 12.0. The molecule has 1 amide bonds. The Balaban J connectivity index is 2.79. The molecule has 1 rings (SSSR count). The first-order valence-corrected chi connectivity index (χ1v) is 7.38. The molecule has 0 unspecified atom stereocenters. The predicted molar refractivity (Wildman–Crippen MR) is 82.6 cm³/mol. The van der Waals surface area contributed by atoms with Crippen molar-refractivity contribution in [3.05, 3.63) is 22.7 Å². The van der Waals surface area contributed by atoms with E-state index < -0.39 is 0 Å². The van der Waals surface area contributed by atoms with E-state index in [9.17, 15) is 4.79 Å². The van der Waals surface area contributed by atoms with Crippen molar-refractivity contribution < 1.29 is 19.0 Å². The molecule has 0 spiro atoms. The summed E-state index contributed by atoms with van der Waals surface area (Å²) in [5.41, 5.74) is 0.428. The Kier molecular flexibility index (Phi) is 7.93. The standard InChI is InChI=1S/C15H22ClNO4/c1-4-7-21-14-12(16)9-11(10-13(14)19-3)15(18)17-6-8-20-5-2/h9-10H,4-8H2,1-3H3,(H,17,18). The molecule has 0 aliphatic heterocycles. The lowest BCUT2D eigenvalue weighted by Crippen LogP contribution is -2.27. The van der Waals surface area contributed by atoms with Crippen molar-refractivity contribution in [3.63, 3.8) is 0 Å². The highest BCUT2D eigenvalue weighted by atomic mass is 35.5. The third kappa shape index (κ3) is 5.44. The summed E-state index contributed by atoms with van der Waals surface area (Å²) in [6, 6.07) is 3.19. The average molecular weight is 316 g/mol. The lowest BCUT2D eigenvalue weighted by atomic mass is 10.2. The molecule has 21 heavy (non-hydrogen) atoms. The van der Waals surface area contributed by atoms with Gasteiger partial charge in [-0.05, 0) is 25.5 Å². The first-order valence-electron chi connectivity index (χ1n) is 7.00. The maximum atomic E-state index is 12.0. The van der Waals surface area contributed by atoms with Crippen LogP contribution in [0.1, 0.15) is 30.6 Å². The third-order valence-electron chi connectivity index (χ3n) is 2.68. The van der Waals surface area contributed by atoms with Crippen LogP contribution in [0.25, 0.3) is 0 Å². The van der Waals surface area contributed by atoms with E-state index in [-0.39, 0.29) is 5.91 Å². The van der Waals surface area contributed by atoms with Crippen molar-refractivity contribution in [1.29, 1.82) is 0 Å². The summed E-state index contributed by atoms with van der Waals surface area (Å²) in [6.07, 6.45) is 0.860. The minimum atomic E-state index is -0.225. The summed E-state index contributed by atoms with van der Waals surface area (Å²) in [7, 11) is 1.52. The number of halogens is 1. The third-order valence-corrected chi connectivity index (χ3v) is 2.96. The molecule has 0 aliphatic carbocycles. The fourth-order valence-electron chi connectivity index (χ4n) is 1.68. The molecule has 0 heterocycles. The number of carbonyl (C=O) groups is 1. The van der Waals surface area contributed by atoms with Crippen LogP contribution in [0, 0.1) is 0 Å². The van der Waals surface area contributed by atoms with Gasteiger partial charge in [0.15, 0.2) is 11.5 Å². The van der Waals surface area contributed by atoms with Crippen molar-refractivity contribution in [1.82, 2.24) is 5.32 Å². The molecule has 118 valence electrons. The van der Waals surface area contributed by atoms with Crippen LogP contribution in [-0.2, 0) is 4.74 Å². The Morgan fingerprint density at radius 3 is 2.67 bits per heavy atom. The van der Waals surface area contributed by atoms with Gasteiger partial charge in [-0.3, -0.25) is 4.79 Å². The molecule has 1 N–H and O–H groups in total.